The number of para-hydroxylation sites is 1. The van der Waals surface area contributed by atoms with Gasteiger partial charge >= 0.3 is 11.4 Å². The van der Waals surface area contributed by atoms with Gasteiger partial charge in [-0.2, -0.15) is 7.84 Å². The van der Waals surface area contributed by atoms with E-state index >= 15 is 0 Å². The molecule has 2 atom stereocenters. The molecule has 2 unspecified atom stereocenters. The van der Waals surface area contributed by atoms with Gasteiger partial charge in [0.1, 0.15) is 5.75 Å². The first-order valence-electron chi connectivity index (χ1n) is 5.67. The summed E-state index contributed by atoms with van der Waals surface area (Å²) in [6.07, 6.45) is 1.67. The van der Waals surface area contributed by atoms with Crippen LogP contribution in [0.25, 0.3) is 6.08 Å². The molecular formula is C14H12O4S2. The molecule has 0 amide bonds. The lowest BCUT2D eigenvalue weighted by Gasteiger charge is -2.04. The van der Waals surface area contributed by atoms with Crippen LogP contribution in [0.3, 0.4) is 0 Å². The van der Waals surface area contributed by atoms with Crippen molar-refractivity contribution >= 4 is 28.5 Å². The molecule has 0 spiro atoms. The second-order valence-electron chi connectivity index (χ2n) is 3.68. The summed E-state index contributed by atoms with van der Waals surface area (Å²) in [5.41, 5.74) is 0.896. The Labute approximate surface area is 122 Å². The predicted molar refractivity (Wildman–Crippen MR) is 79.2 cm³/mol. The minimum atomic E-state index is -2.13. The molecular weight excluding hydrogens is 296 g/mol. The minimum Gasteiger partial charge on any atom is -0.379 e. The molecule has 0 aromatic heterocycles. The Morgan fingerprint density at radius 2 is 1.60 bits per heavy atom. The van der Waals surface area contributed by atoms with Crippen LogP contribution in [0.5, 0.6) is 5.75 Å². The molecule has 2 aromatic rings. The zero-order chi connectivity index (χ0) is 14.4. The molecule has 0 N–H and O–H groups in total. The fraction of sp³-hybridized carbons (Fsp3) is 0. The Hall–Kier alpha value is -1.76. The fourth-order valence-corrected chi connectivity index (χ4v) is 2.83. The lowest BCUT2D eigenvalue weighted by atomic mass is 10.2. The molecule has 2 rings (SSSR count). The van der Waals surface area contributed by atoms with Crippen molar-refractivity contribution in [2.75, 3.05) is 0 Å². The van der Waals surface area contributed by atoms with E-state index in [1.54, 1.807) is 60.7 Å². The summed E-state index contributed by atoms with van der Waals surface area (Å²) in [5, 5.41) is 0. The van der Waals surface area contributed by atoms with Crippen LogP contribution >= 0.6 is 0 Å². The lowest BCUT2D eigenvalue weighted by molar-refractivity contribution is 0.473. The largest absolute Gasteiger partial charge is 0.379 e. The summed E-state index contributed by atoms with van der Waals surface area (Å²) in [5.74, 6) is 0.379. The van der Waals surface area contributed by atoms with Crippen molar-refractivity contribution in [3.8, 4) is 5.75 Å². The van der Waals surface area contributed by atoms with Crippen molar-refractivity contribution in [1.29, 1.82) is 0 Å². The van der Waals surface area contributed by atoms with E-state index in [0.29, 0.717) is 10.6 Å². The predicted octanol–water partition coefficient (Wildman–Crippen LogP) is 3.03. The van der Waals surface area contributed by atoms with Gasteiger partial charge in [-0.15, -0.1) is 0 Å². The van der Waals surface area contributed by atoms with Gasteiger partial charge in [-0.25, -0.2) is 4.21 Å². The Bertz CT molecular complexity index is 623. The Kier molecular flexibility index (Phi) is 5.23. The molecule has 0 aliphatic carbocycles. The maximum atomic E-state index is 11.8. The average Bonchev–Trinajstić information content (AvgIpc) is 2.48. The molecule has 0 aliphatic rings. The maximum absolute atomic E-state index is 11.8. The highest BCUT2D eigenvalue weighted by atomic mass is 32.3. The van der Waals surface area contributed by atoms with Gasteiger partial charge in [-0.05, 0) is 29.8 Å². The van der Waals surface area contributed by atoms with Crippen LogP contribution in [0.1, 0.15) is 5.56 Å². The number of hydrogen-bond acceptors (Lipinski definition) is 4. The highest BCUT2D eigenvalue weighted by Crippen LogP contribution is 2.14. The lowest BCUT2D eigenvalue weighted by Crippen LogP contribution is -2.07. The van der Waals surface area contributed by atoms with E-state index in [1.807, 2.05) is 0 Å². The third-order valence-corrected chi connectivity index (χ3v) is 4.26. The van der Waals surface area contributed by atoms with Crippen LogP contribution < -0.4 is 4.18 Å². The second-order valence-corrected chi connectivity index (χ2v) is 5.74. The Morgan fingerprint density at radius 1 is 0.950 bits per heavy atom. The van der Waals surface area contributed by atoms with Crippen molar-refractivity contribution in [2.45, 2.75) is 4.90 Å². The van der Waals surface area contributed by atoms with E-state index in [9.17, 15) is 8.42 Å². The smallest absolute Gasteiger partial charge is 0.374 e. The third-order valence-electron chi connectivity index (χ3n) is 2.33. The molecule has 0 saturated carbocycles. The van der Waals surface area contributed by atoms with E-state index in [0.717, 1.165) is 5.56 Å². The summed E-state index contributed by atoms with van der Waals surface area (Å²) in [7, 11) is 0. The van der Waals surface area contributed by atoms with Gasteiger partial charge in [0.15, 0.2) is 0 Å². The van der Waals surface area contributed by atoms with Gasteiger partial charge in [-0.3, -0.25) is 0 Å². The zero-order valence-electron chi connectivity index (χ0n) is 10.4. The van der Waals surface area contributed by atoms with Crippen molar-refractivity contribution in [1.82, 2.24) is 0 Å². The Morgan fingerprint density at radius 3 is 2.20 bits per heavy atom. The van der Waals surface area contributed by atoms with Crippen LogP contribution in [-0.2, 0) is 26.1 Å². The van der Waals surface area contributed by atoms with Gasteiger partial charge in [0.05, 0.1) is 4.90 Å². The SMILES string of the molecule is C=Cc1ccc(S(=O)OS(=O)Oc2ccccc2)cc1. The summed E-state index contributed by atoms with van der Waals surface area (Å²) in [6, 6.07) is 15.2. The standard InChI is InChI=1S/C14H12O4S2/c1-2-12-8-10-14(11-9-12)19(15)18-20(16)17-13-6-4-3-5-7-13/h2-11H,1H2. The molecule has 0 bridgehead atoms. The van der Waals surface area contributed by atoms with E-state index in [4.69, 9.17) is 7.81 Å². The molecule has 4 nitrogen and oxygen atoms in total. The van der Waals surface area contributed by atoms with Gasteiger partial charge in [0.2, 0.25) is 11.1 Å². The van der Waals surface area contributed by atoms with Gasteiger partial charge in [0, 0.05) is 0 Å². The third kappa shape index (κ3) is 4.12. The molecule has 0 saturated heterocycles. The summed E-state index contributed by atoms with van der Waals surface area (Å²) in [6.45, 7) is 3.62. The van der Waals surface area contributed by atoms with Crippen LogP contribution in [0, 0.1) is 0 Å². The first-order valence-corrected chi connectivity index (χ1v) is 7.75. The molecule has 0 heterocycles. The normalized spacial score (nSPS) is 13.4. The van der Waals surface area contributed by atoms with Gasteiger partial charge in [-0.1, -0.05) is 43.0 Å². The minimum absolute atomic E-state index is 0.379. The van der Waals surface area contributed by atoms with Crippen LogP contribution in [0.15, 0.2) is 66.1 Å². The maximum Gasteiger partial charge on any atom is 0.374 e. The highest BCUT2D eigenvalue weighted by Gasteiger charge is 2.12. The summed E-state index contributed by atoms with van der Waals surface area (Å²) in [4.78, 5) is 0.403. The van der Waals surface area contributed by atoms with Crippen LogP contribution in [0.4, 0.5) is 0 Å². The quantitative estimate of drug-likeness (QED) is 0.823. The molecule has 0 fully saturated rings. The topological polar surface area (TPSA) is 52.6 Å². The number of benzene rings is 2. The number of hydrogen-bond donors (Lipinski definition) is 0. The highest BCUT2D eigenvalue weighted by molar-refractivity contribution is 7.91. The summed E-state index contributed by atoms with van der Waals surface area (Å²) >= 11 is -3.99. The van der Waals surface area contributed by atoms with Crippen molar-refractivity contribution in [2.24, 2.45) is 0 Å². The molecule has 6 heteroatoms. The van der Waals surface area contributed by atoms with Crippen molar-refractivity contribution in [3.63, 3.8) is 0 Å². The zero-order valence-corrected chi connectivity index (χ0v) is 12.1. The van der Waals surface area contributed by atoms with Crippen molar-refractivity contribution < 1.29 is 16.2 Å². The van der Waals surface area contributed by atoms with E-state index < -0.39 is 22.4 Å². The molecule has 104 valence electrons. The van der Waals surface area contributed by atoms with E-state index in [2.05, 4.69) is 6.58 Å². The van der Waals surface area contributed by atoms with E-state index in [-0.39, 0.29) is 0 Å². The number of rotatable bonds is 6. The van der Waals surface area contributed by atoms with Crippen LogP contribution in [0.2, 0.25) is 0 Å². The first kappa shape index (κ1) is 14.6. The average molecular weight is 308 g/mol. The van der Waals surface area contributed by atoms with Gasteiger partial charge < -0.3 is 4.18 Å². The molecule has 20 heavy (non-hydrogen) atoms. The van der Waals surface area contributed by atoms with Crippen LogP contribution in [-0.4, -0.2) is 8.42 Å². The second kappa shape index (κ2) is 7.14. The first-order chi connectivity index (χ1) is 9.69. The summed E-state index contributed by atoms with van der Waals surface area (Å²) < 4.78 is 33.2. The van der Waals surface area contributed by atoms with Crippen molar-refractivity contribution in [3.05, 3.63) is 66.7 Å². The molecule has 0 aliphatic heterocycles. The molecule has 2 aromatic carbocycles. The fourth-order valence-electron chi connectivity index (χ4n) is 1.37. The van der Waals surface area contributed by atoms with E-state index in [1.165, 1.54) is 0 Å². The molecule has 0 radical (unpaired) electrons. The monoisotopic (exact) mass is 308 g/mol. The van der Waals surface area contributed by atoms with Gasteiger partial charge in [0.25, 0.3) is 0 Å². The Balaban J connectivity index is 1.96.